The number of H-pyrrole nitrogens is 1. The van der Waals surface area contributed by atoms with Gasteiger partial charge < -0.3 is 4.98 Å². The first-order chi connectivity index (χ1) is 6.66. The fourth-order valence-corrected chi connectivity index (χ4v) is 1.70. The van der Waals surface area contributed by atoms with Gasteiger partial charge in [0.05, 0.1) is 0 Å². The second kappa shape index (κ2) is 3.29. The number of aromatic nitrogens is 2. The standard InChI is InChI=1S/C12H14N2/c1-9-8-12(10(2)13-9)11-4-6-14(3)7-5-11/h4-8H,1-3H3/p+1. The zero-order valence-electron chi connectivity index (χ0n) is 8.83. The third-order valence-electron chi connectivity index (χ3n) is 2.44. The van der Waals surface area contributed by atoms with E-state index in [-0.39, 0.29) is 0 Å². The molecule has 2 nitrogen and oxygen atoms in total. The van der Waals surface area contributed by atoms with Gasteiger partial charge in [-0.05, 0) is 25.5 Å². The molecule has 0 spiro atoms. The predicted molar refractivity (Wildman–Crippen MR) is 56.9 cm³/mol. The van der Waals surface area contributed by atoms with E-state index in [0.29, 0.717) is 0 Å². The molecule has 72 valence electrons. The maximum Gasteiger partial charge on any atom is 0.169 e. The van der Waals surface area contributed by atoms with Crippen LogP contribution in [0.25, 0.3) is 11.1 Å². The maximum atomic E-state index is 3.31. The highest BCUT2D eigenvalue weighted by Gasteiger charge is 2.05. The maximum absolute atomic E-state index is 3.31. The number of nitrogens with one attached hydrogen (secondary N) is 1. The van der Waals surface area contributed by atoms with E-state index < -0.39 is 0 Å². The average molecular weight is 187 g/mol. The van der Waals surface area contributed by atoms with Crippen molar-refractivity contribution in [3.8, 4) is 11.1 Å². The third-order valence-corrected chi connectivity index (χ3v) is 2.44. The molecule has 2 aromatic rings. The Morgan fingerprint density at radius 3 is 2.29 bits per heavy atom. The van der Waals surface area contributed by atoms with Crippen LogP contribution in [-0.2, 0) is 7.05 Å². The zero-order valence-corrected chi connectivity index (χ0v) is 8.83. The van der Waals surface area contributed by atoms with Crippen molar-refractivity contribution < 1.29 is 4.57 Å². The van der Waals surface area contributed by atoms with Gasteiger partial charge in [0.1, 0.15) is 7.05 Å². The summed E-state index contributed by atoms with van der Waals surface area (Å²) in [7, 11) is 2.03. The van der Waals surface area contributed by atoms with E-state index in [1.165, 1.54) is 22.5 Å². The van der Waals surface area contributed by atoms with E-state index in [1.54, 1.807) is 0 Å². The van der Waals surface area contributed by atoms with Gasteiger partial charge in [0.15, 0.2) is 12.4 Å². The summed E-state index contributed by atoms with van der Waals surface area (Å²) in [6.07, 6.45) is 4.13. The van der Waals surface area contributed by atoms with Gasteiger partial charge in [-0.3, -0.25) is 0 Å². The van der Waals surface area contributed by atoms with Crippen molar-refractivity contribution in [3.05, 3.63) is 42.0 Å². The molecule has 0 unspecified atom stereocenters. The van der Waals surface area contributed by atoms with Crippen molar-refractivity contribution in [3.63, 3.8) is 0 Å². The monoisotopic (exact) mass is 187 g/mol. The lowest BCUT2D eigenvalue weighted by molar-refractivity contribution is -0.671. The van der Waals surface area contributed by atoms with E-state index >= 15 is 0 Å². The normalized spacial score (nSPS) is 10.5. The van der Waals surface area contributed by atoms with E-state index in [1.807, 2.05) is 11.6 Å². The Labute approximate surface area is 84.2 Å². The summed E-state index contributed by atoms with van der Waals surface area (Å²) >= 11 is 0. The van der Waals surface area contributed by atoms with Gasteiger partial charge >= 0.3 is 0 Å². The van der Waals surface area contributed by atoms with Crippen LogP contribution >= 0.6 is 0 Å². The van der Waals surface area contributed by atoms with Crippen molar-refractivity contribution in [2.75, 3.05) is 0 Å². The molecule has 14 heavy (non-hydrogen) atoms. The van der Waals surface area contributed by atoms with Gasteiger partial charge in [0.2, 0.25) is 0 Å². The topological polar surface area (TPSA) is 19.7 Å². The van der Waals surface area contributed by atoms with Gasteiger partial charge in [-0.15, -0.1) is 0 Å². The molecular weight excluding hydrogens is 172 g/mol. The van der Waals surface area contributed by atoms with E-state index in [9.17, 15) is 0 Å². The molecule has 0 aliphatic rings. The molecule has 0 fully saturated rings. The Morgan fingerprint density at radius 1 is 1.14 bits per heavy atom. The van der Waals surface area contributed by atoms with Crippen molar-refractivity contribution >= 4 is 0 Å². The number of aromatic amines is 1. The summed E-state index contributed by atoms with van der Waals surface area (Å²) in [6, 6.07) is 6.45. The number of nitrogens with zero attached hydrogens (tertiary/aromatic N) is 1. The van der Waals surface area contributed by atoms with Crippen LogP contribution in [0.2, 0.25) is 0 Å². The third kappa shape index (κ3) is 1.55. The first kappa shape index (κ1) is 9.00. The molecule has 1 N–H and O–H groups in total. The lowest BCUT2D eigenvalue weighted by Gasteiger charge is -1.97. The van der Waals surface area contributed by atoms with Gasteiger partial charge in [0, 0.05) is 29.1 Å². The van der Waals surface area contributed by atoms with Gasteiger partial charge in [-0.25, -0.2) is 4.57 Å². The van der Waals surface area contributed by atoms with Crippen LogP contribution < -0.4 is 4.57 Å². The fourth-order valence-electron chi connectivity index (χ4n) is 1.70. The quantitative estimate of drug-likeness (QED) is 0.660. The summed E-state index contributed by atoms with van der Waals surface area (Å²) in [5, 5.41) is 0. The lowest BCUT2D eigenvalue weighted by Crippen LogP contribution is -2.25. The molecule has 0 saturated heterocycles. The van der Waals surface area contributed by atoms with Crippen molar-refractivity contribution in [1.82, 2.24) is 4.98 Å². The number of rotatable bonds is 1. The summed E-state index contributed by atoms with van der Waals surface area (Å²) < 4.78 is 2.04. The van der Waals surface area contributed by atoms with Crippen LogP contribution in [0.15, 0.2) is 30.6 Å². The van der Waals surface area contributed by atoms with E-state index in [2.05, 4.69) is 49.4 Å². The summed E-state index contributed by atoms with van der Waals surface area (Å²) in [4.78, 5) is 3.31. The minimum Gasteiger partial charge on any atom is -0.362 e. The molecule has 2 rings (SSSR count). The first-order valence-electron chi connectivity index (χ1n) is 4.78. The van der Waals surface area contributed by atoms with E-state index in [4.69, 9.17) is 0 Å². The molecule has 0 amide bonds. The van der Waals surface area contributed by atoms with Crippen molar-refractivity contribution in [2.45, 2.75) is 13.8 Å². The molecule has 2 aromatic heterocycles. The van der Waals surface area contributed by atoms with Crippen molar-refractivity contribution in [1.29, 1.82) is 0 Å². The lowest BCUT2D eigenvalue weighted by atomic mass is 10.1. The Bertz CT molecular complexity index is 438. The Hall–Kier alpha value is -1.57. The molecule has 0 aliphatic heterocycles. The fraction of sp³-hybridized carbons (Fsp3) is 0.250. The van der Waals surface area contributed by atoms with Crippen LogP contribution in [0.3, 0.4) is 0 Å². The van der Waals surface area contributed by atoms with Gasteiger partial charge in [-0.2, -0.15) is 0 Å². The molecule has 0 saturated carbocycles. The number of hydrogen-bond acceptors (Lipinski definition) is 0. The SMILES string of the molecule is Cc1cc(-c2cc[n+](C)cc2)c(C)[nH]1. The molecular formula is C12H15N2+. The Morgan fingerprint density at radius 2 is 1.79 bits per heavy atom. The van der Waals surface area contributed by atoms with Crippen LogP contribution in [0.5, 0.6) is 0 Å². The van der Waals surface area contributed by atoms with Crippen molar-refractivity contribution in [2.24, 2.45) is 7.05 Å². The van der Waals surface area contributed by atoms with E-state index in [0.717, 1.165) is 0 Å². The van der Waals surface area contributed by atoms with Gasteiger partial charge in [-0.1, -0.05) is 0 Å². The molecule has 2 heteroatoms. The zero-order chi connectivity index (χ0) is 10.1. The molecule has 0 radical (unpaired) electrons. The Kier molecular flexibility index (Phi) is 2.12. The number of pyridine rings is 1. The highest BCUT2D eigenvalue weighted by molar-refractivity contribution is 5.65. The summed E-state index contributed by atoms with van der Waals surface area (Å²) in [6.45, 7) is 4.19. The van der Waals surface area contributed by atoms with Crippen LogP contribution in [-0.4, -0.2) is 4.98 Å². The minimum atomic E-state index is 1.21. The van der Waals surface area contributed by atoms with Crippen LogP contribution in [0, 0.1) is 13.8 Å². The number of aryl methyl sites for hydroxylation is 3. The smallest absolute Gasteiger partial charge is 0.169 e. The molecule has 0 atom stereocenters. The molecule has 0 aromatic carbocycles. The predicted octanol–water partition coefficient (Wildman–Crippen LogP) is 2.12. The number of hydrogen-bond donors (Lipinski definition) is 1. The second-order valence-corrected chi connectivity index (χ2v) is 3.74. The van der Waals surface area contributed by atoms with Gasteiger partial charge in [0.25, 0.3) is 0 Å². The highest BCUT2D eigenvalue weighted by Crippen LogP contribution is 2.22. The second-order valence-electron chi connectivity index (χ2n) is 3.74. The molecule has 0 bridgehead atoms. The highest BCUT2D eigenvalue weighted by atomic mass is 14.9. The summed E-state index contributed by atoms with van der Waals surface area (Å²) in [5.41, 5.74) is 5.01. The largest absolute Gasteiger partial charge is 0.362 e. The first-order valence-corrected chi connectivity index (χ1v) is 4.78. The summed E-state index contributed by atoms with van der Waals surface area (Å²) in [5.74, 6) is 0. The van der Waals surface area contributed by atoms with Crippen LogP contribution in [0.4, 0.5) is 0 Å². The molecule has 2 heterocycles. The average Bonchev–Trinajstić information content (AvgIpc) is 2.47. The van der Waals surface area contributed by atoms with Crippen LogP contribution in [0.1, 0.15) is 11.4 Å². The Balaban J connectivity index is 2.49. The molecule has 0 aliphatic carbocycles. The minimum absolute atomic E-state index is 1.21.